The van der Waals surface area contributed by atoms with Crippen LogP contribution >= 0.6 is 27.5 Å². The number of nitrogens with zero attached hydrogens (tertiary/aromatic N) is 1. The number of hydrogen-bond donors (Lipinski definition) is 3. The largest absolute Gasteiger partial charge is 0.349 e. The zero-order valence-electron chi connectivity index (χ0n) is 16.5. The van der Waals surface area contributed by atoms with Crippen LogP contribution in [0.3, 0.4) is 0 Å². The third kappa shape index (κ3) is 3.47. The molecule has 1 unspecified atom stereocenters. The van der Waals surface area contributed by atoms with Crippen molar-refractivity contribution in [1.29, 1.82) is 0 Å². The molecule has 162 valence electrons. The Hall–Kier alpha value is -3.17. The molecule has 5 rings (SSSR count). The van der Waals surface area contributed by atoms with Gasteiger partial charge in [0.15, 0.2) is 0 Å². The molecule has 0 spiro atoms. The number of aromatic nitrogens is 1. The number of halogens is 2. The summed E-state index contributed by atoms with van der Waals surface area (Å²) in [6.45, 7) is 0.228. The number of nitrogens with one attached hydrogen (secondary N) is 3. The molecular weight excluding hydrogens is 500 g/mol. The Kier molecular flexibility index (Phi) is 5.02. The van der Waals surface area contributed by atoms with Gasteiger partial charge in [-0.3, -0.25) is 24.5 Å². The number of aromatic amines is 1. The van der Waals surface area contributed by atoms with Crippen molar-refractivity contribution in [2.45, 2.75) is 25.4 Å². The van der Waals surface area contributed by atoms with Gasteiger partial charge in [0.25, 0.3) is 11.8 Å². The molecule has 0 saturated carbocycles. The molecule has 1 atom stereocenters. The van der Waals surface area contributed by atoms with Crippen LogP contribution in [0.1, 0.15) is 39.3 Å². The van der Waals surface area contributed by atoms with E-state index in [2.05, 4.69) is 31.5 Å². The predicted octanol–water partition coefficient (Wildman–Crippen LogP) is 3.60. The number of carbonyl (C=O) groups excluding carboxylic acids is 4. The lowest BCUT2D eigenvalue weighted by Gasteiger charge is -2.29. The summed E-state index contributed by atoms with van der Waals surface area (Å²) in [4.78, 5) is 53.7. The normalized spacial score (nSPS) is 18.1. The summed E-state index contributed by atoms with van der Waals surface area (Å²) in [5.41, 5.74) is 2.65. The van der Waals surface area contributed by atoms with Gasteiger partial charge >= 0.3 is 0 Å². The van der Waals surface area contributed by atoms with Crippen molar-refractivity contribution in [3.63, 3.8) is 0 Å². The zero-order valence-corrected chi connectivity index (χ0v) is 18.8. The molecule has 3 aromatic rings. The molecule has 32 heavy (non-hydrogen) atoms. The van der Waals surface area contributed by atoms with E-state index < -0.39 is 17.9 Å². The average molecular weight is 516 g/mol. The summed E-state index contributed by atoms with van der Waals surface area (Å²) >= 11 is 9.80. The number of piperidine rings is 1. The fourth-order valence-corrected chi connectivity index (χ4v) is 4.78. The Morgan fingerprint density at radius 2 is 1.97 bits per heavy atom. The van der Waals surface area contributed by atoms with E-state index in [4.69, 9.17) is 11.6 Å². The summed E-state index contributed by atoms with van der Waals surface area (Å²) < 4.78 is 0.849. The second kappa shape index (κ2) is 7.75. The Balaban J connectivity index is 1.36. The molecule has 3 heterocycles. The highest BCUT2D eigenvalue weighted by Gasteiger charge is 2.39. The highest BCUT2D eigenvalue weighted by atomic mass is 79.9. The van der Waals surface area contributed by atoms with Gasteiger partial charge < -0.3 is 15.2 Å². The minimum atomic E-state index is -0.685. The molecule has 0 radical (unpaired) electrons. The summed E-state index contributed by atoms with van der Waals surface area (Å²) in [5.74, 6) is -1.47. The van der Waals surface area contributed by atoms with Gasteiger partial charge in [0.2, 0.25) is 11.8 Å². The molecule has 10 heteroatoms. The first kappa shape index (κ1) is 20.7. The molecule has 1 fully saturated rings. The van der Waals surface area contributed by atoms with Crippen LogP contribution in [0.25, 0.3) is 10.9 Å². The number of rotatable bonds is 3. The Morgan fingerprint density at radius 3 is 2.75 bits per heavy atom. The van der Waals surface area contributed by atoms with E-state index in [9.17, 15) is 19.2 Å². The molecule has 1 saturated heterocycles. The van der Waals surface area contributed by atoms with Crippen LogP contribution < -0.4 is 10.6 Å². The fourth-order valence-electron chi connectivity index (χ4n) is 4.13. The van der Waals surface area contributed by atoms with Gasteiger partial charge in [-0.05, 0) is 48.4 Å². The van der Waals surface area contributed by atoms with Gasteiger partial charge in [0, 0.05) is 39.6 Å². The molecule has 2 aliphatic rings. The SMILES string of the molecule is O=C1CCC(N2Cc3cc(NC(=O)c4[nH]c5ccc(Br)cc5c4Cl)ccc3C2=O)C(=O)N1. The molecule has 4 amide bonds. The number of H-pyrrole nitrogens is 1. The summed E-state index contributed by atoms with van der Waals surface area (Å²) in [6.07, 6.45) is 0.489. The maximum absolute atomic E-state index is 12.8. The number of anilines is 1. The van der Waals surface area contributed by atoms with Gasteiger partial charge in [-0.15, -0.1) is 0 Å². The van der Waals surface area contributed by atoms with Crippen LogP contribution in [-0.4, -0.2) is 39.6 Å². The van der Waals surface area contributed by atoms with Crippen molar-refractivity contribution in [3.05, 3.63) is 62.7 Å². The molecule has 3 N–H and O–H groups in total. The van der Waals surface area contributed by atoms with Crippen molar-refractivity contribution in [1.82, 2.24) is 15.2 Å². The molecule has 8 nitrogen and oxygen atoms in total. The lowest BCUT2D eigenvalue weighted by atomic mass is 10.0. The first-order chi connectivity index (χ1) is 15.3. The average Bonchev–Trinajstić information content (AvgIpc) is 3.25. The maximum Gasteiger partial charge on any atom is 0.273 e. The predicted molar refractivity (Wildman–Crippen MR) is 121 cm³/mol. The van der Waals surface area contributed by atoms with E-state index in [-0.39, 0.29) is 30.5 Å². The highest BCUT2D eigenvalue weighted by Crippen LogP contribution is 2.32. The third-order valence-electron chi connectivity index (χ3n) is 5.71. The zero-order chi connectivity index (χ0) is 22.6. The van der Waals surface area contributed by atoms with Gasteiger partial charge in [0.1, 0.15) is 11.7 Å². The number of fused-ring (bicyclic) bond motifs is 2. The van der Waals surface area contributed by atoms with Crippen LogP contribution in [0, 0.1) is 0 Å². The van der Waals surface area contributed by atoms with Crippen LogP contribution in [0.5, 0.6) is 0 Å². The molecule has 1 aromatic heterocycles. The monoisotopic (exact) mass is 514 g/mol. The summed E-state index contributed by atoms with van der Waals surface area (Å²) in [7, 11) is 0. The lowest BCUT2D eigenvalue weighted by Crippen LogP contribution is -2.52. The van der Waals surface area contributed by atoms with Crippen LogP contribution in [0.2, 0.25) is 5.02 Å². The second-order valence-electron chi connectivity index (χ2n) is 7.73. The van der Waals surface area contributed by atoms with Crippen LogP contribution in [0.4, 0.5) is 5.69 Å². The minimum absolute atomic E-state index is 0.194. The quantitative estimate of drug-likeness (QED) is 0.463. The van der Waals surface area contributed by atoms with Gasteiger partial charge in [0.05, 0.1) is 5.02 Å². The Bertz CT molecular complexity index is 1330. The first-order valence-electron chi connectivity index (χ1n) is 9.87. The van der Waals surface area contributed by atoms with Gasteiger partial charge in [-0.25, -0.2) is 0 Å². The Morgan fingerprint density at radius 1 is 1.16 bits per heavy atom. The molecule has 0 bridgehead atoms. The maximum atomic E-state index is 12.8. The summed E-state index contributed by atoms with van der Waals surface area (Å²) in [5, 5.41) is 6.14. The van der Waals surface area contributed by atoms with Crippen molar-refractivity contribution in [2.75, 3.05) is 5.32 Å². The molecule has 2 aromatic carbocycles. The number of imide groups is 1. The van der Waals surface area contributed by atoms with Crippen LogP contribution in [0.15, 0.2) is 40.9 Å². The minimum Gasteiger partial charge on any atom is -0.349 e. The van der Waals surface area contributed by atoms with E-state index in [0.29, 0.717) is 28.3 Å². The van der Waals surface area contributed by atoms with Gasteiger partial charge in [-0.1, -0.05) is 27.5 Å². The third-order valence-corrected chi connectivity index (χ3v) is 6.59. The van der Waals surface area contributed by atoms with Crippen LogP contribution in [-0.2, 0) is 16.1 Å². The molecule has 0 aliphatic carbocycles. The smallest absolute Gasteiger partial charge is 0.273 e. The lowest BCUT2D eigenvalue weighted by molar-refractivity contribution is -0.136. The standard InChI is InChI=1S/C22H16BrClN4O4/c23-11-1-4-15-14(8-11)18(24)19(26-15)21(31)25-12-2-3-13-10(7-12)9-28(22(13)32)16-5-6-17(29)27-20(16)30/h1-4,7-8,16,26H,5-6,9H2,(H,25,31)(H,27,29,30). The van der Waals surface area contributed by atoms with E-state index in [1.165, 1.54) is 4.90 Å². The summed E-state index contributed by atoms with van der Waals surface area (Å²) in [6, 6.07) is 9.79. The van der Waals surface area contributed by atoms with Crippen molar-refractivity contribution >= 4 is 67.7 Å². The number of carbonyl (C=O) groups is 4. The van der Waals surface area contributed by atoms with E-state index in [1.807, 2.05) is 18.2 Å². The number of benzene rings is 2. The van der Waals surface area contributed by atoms with E-state index in [1.54, 1.807) is 18.2 Å². The number of hydrogen-bond acceptors (Lipinski definition) is 4. The van der Waals surface area contributed by atoms with Crippen molar-refractivity contribution < 1.29 is 19.2 Å². The fraction of sp³-hybridized carbons (Fsp3) is 0.182. The van der Waals surface area contributed by atoms with Crippen molar-refractivity contribution in [2.24, 2.45) is 0 Å². The van der Waals surface area contributed by atoms with E-state index >= 15 is 0 Å². The molecular formula is C22H16BrClN4O4. The second-order valence-corrected chi connectivity index (χ2v) is 9.02. The topological polar surface area (TPSA) is 111 Å². The highest BCUT2D eigenvalue weighted by molar-refractivity contribution is 9.10. The van der Waals surface area contributed by atoms with Crippen molar-refractivity contribution in [3.8, 4) is 0 Å². The van der Waals surface area contributed by atoms with Gasteiger partial charge in [-0.2, -0.15) is 0 Å². The number of amides is 4. The van der Waals surface area contributed by atoms with E-state index in [0.717, 1.165) is 15.4 Å². The molecule has 2 aliphatic heterocycles. The first-order valence-corrected chi connectivity index (χ1v) is 11.0. The Labute approximate surface area is 195 Å².